The zero-order valence-corrected chi connectivity index (χ0v) is 15.4. The summed E-state index contributed by atoms with van der Waals surface area (Å²) in [6.07, 6.45) is 0.757. The molecule has 0 aliphatic carbocycles. The third-order valence-electron chi connectivity index (χ3n) is 4.56. The van der Waals surface area contributed by atoms with Crippen LogP contribution in [-0.2, 0) is 6.42 Å². The van der Waals surface area contributed by atoms with E-state index in [1.54, 1.807) is 14.2 Å². The molecule has 0 atom stereocenters. The van der Waals surface area contributed by atoms with Gasteiger partial charge in [0.1, 0.15) is 22.7 Å². The number of aromatic nitrogens is 3. The maximum atomic E-state index is 5.26. The largest absolute Gasteiger partial charge is 0.497 e. The second-order valence-electron chi connectivity index (χ2n) is 6.05. The van der Waals surface area contributed by atoms with Crippen molar-refractivity contribution in [3.63, 3.8) is 0 Å². The van der Waals surface area contributed by atoms with Crippen LogP contribution in [0.4, 0.5) is 0 Å². The monoisotopic (exact) mass is 361 g/mol. The van der Waals surface area contributed by atoms with Crippen LogP contribution in [0.3, 0.4) is 0 Å². The number of hydrogen-bond donors (Lipinski definition) is 0. The molecule has 0 N–H and O–H groups in total. The number of hydrogen-bond acceptors (Lipinski definition) is 6. The zero-order chi connectivity index (χ0) is 18.8. The molecule has 2 aromatic carbocycles. The van der Waals surface area contributed by atoms with Gasteiger partial charge in [-0.05, 0) is 58.7 Å². The second-order valence-corrected chi connectivity index (χ2v) is 6.05. The van der Waals surface area contributed by atoms with Gasteiger partial charge in [0, 0.05) is 11.1 Å². The number of pyridine rings is 1. The van der Waals surface area contributed by atoms with E-state index in [-0.39, 0.29) is 0 Å². The first kappa shape index (κ1) is 17.0. The molecule has 6 heteroatoms. The van der Waals surface area contributed by atoms with Gasteiger partial charge in [0.2, 0.25) is 0 Å². The lowest BCUT2D eigenvalue weighted by Crippen LogP contribution is -1.98. The molecule has 0 saturated carbocycles. The zero-order valence-electron chi connectivity index (χ0n) is 15.4. The van der Waals surface area contributed by atoms with Crippen molar-refractivity contribution in [1.82, 2.24) is 15.3 Å². The first-order chi connectivity index (χ1) is 13.2. The molecule has 0 amide bonds. The van der Waals surface area contributed by atoms with Crippen LogP contribution >= 0.6 is 0 Å². The van der Waals surface area contributed by atoms with Crippen molar-refractivity contribution in [1.29, 1.82) is 0 Å². The SMILES string of the molecule is CCc1nc(-c2ccc(OC)cc2)c2nonc2c1-c1ccc(OC)cc1. The fourth-order valence-corrected chi connectivity index (χ4v) is 3.16. The molecule has 136 valence electrons. The predicted octanol–water partition coefficient (Wildman–Crippen LogP) is 4.53. The molecule has 6 nitrogen and oxygen atoms in total. The van der Waals surface area contributed by atoms with Crippen LogP contribution in [0.5, 0.6) is 11.5 Å². The van der Waals surface area contributed by atoms with Gasteiger partial charge in [-0.3, -0.25) is 0 Å². The summed E-state index contributed by atoms with van der Waals surface area (Å²) in [6, 6.07) is 15.6. The highest BCUT2D eigenvalue weighted by Crippen LogP contribution is 2.36. The van der Waals surface area contributed by atoms with Crippen LogP contribution in [0.25, 0.3) is 33.4 Å². The van der Waals surface area contributed by atoms with Gasteiger partial charge in [0.15, 0.2) is 5.52 Å². The van der Waals surface area contributed by atoms with Crippen LogP contribution in [-0.4, -0.2) is 29.5 Å². The van der Waals surface area contributed by atoms with Crippen molar-refractivity contribution in [3.05, 3.63) is 54.2 Å². The van der Waals surface area contributed by atoms with Crippen LogP contribution in [0.1, 0.15) is 12.6 Å². The summed E-state index contributed by atoms with van der Waals surface area (Å²) in [5.74, 6) is 1.59. The summed E-state index contributed by atoms with van der Waals surface area (Å²) in [6.45, 7) is 2.08. The lowest BCUT2D eigenvalue weighted by Gasteiger charge is -2.11. The Bertz CT molecular complexity index is 1070. The number of nitrogens with zero attached hydrogens (tertiary/aromatic N) is 3. The average Bonchev–Trinajstić information content (AvgIpc) is 3.22. The molecule has 0 fully saturated rings. The predicted molar refractivity (Wildman–Crippen MR) is 103 cm³/mol. The van der Waals surface area contributed by atoms with E-state index in [9.17, 15) is 0 Å². The molecule has 0 unspecified atom stereocenters. The van der Waals surface area contributed by atoms with Crippen LogP contribution in [0, 0.1) is 0 Å². The van der Waals surface area contributed by atoms with Crippen molar-refractivity contribution >= 4 is 11.0 Å². The molecule has 0 bridgehead atoms. The van der Waals surface area contributed by atoms with E-state index in [0.29, 0.717) is 11.0 Å². The summed E-state index contributed by atoms with van der Waals surface area (Å²) >= 11 is 0. The topological polar surface area (TPSA) is 70.3 Å². The fraction of sp³-hybridized carbons (Fsp3) is 0.190. The highest BCUT2D eigenvalue weighted by molar-refractivity contribution is 5.99. The molecule has 0 saturated heterocycles. The van der Waals surface area contributed by atoms with E-state index in [1.807, 2.05) is 48.5 Å². The Kier molecular flexibility index (Phi) is 4.46. The molecule has 0 spiro atoms. The number of benzene rings is 2. The number of methoxy groups -OCH3 is 2. The molecule has 0 aliphatic heterocycles. The quantitative estimate of drug-likeness (QED) is 0.520. The molecule has 0 aliphatic rings. The van der Waals surface area contributed by atoms with E-state index in [2.05, 4.69) is 17.2 Å². The van der Waals surface area contributed by atoms with Crippen LogP contribution in [0.2, 0.25) is 0 Å². The minimum absolute atomic E-state index is 0.642. The Morgan fingerprint density at radius 1 is 0.778 bits per heavy atom. The Morgan fingerprint density at radius 3 is 1.89 bits per heavy atom. The van der Waals surface area contributed by atoms with Crippen molar-refractivity contribution in [2.45, 2.75) is 13.3 Å². The minimum Gasteiger partial charge on any atom is -0.497 e. The van der Waals surface area contributed by atoms with Crippen molar-refractivity contribution < 1.29 is 14.1 Å². The van der Waals surface area contributed by atoms with E-state index >= 15 is 0 Å². The van der Waals surface area contributed by atoms with Crippen molar-refractivity contribution in [2.75, 3.05) is 14.2 Å². The lowest BCUT2D eigenvalue weighted by molar-refractivity contribution is 0.315. The van der Waals surface area contributed by atoms with Crippen LogP contribution < -0.4 is 9.47 Å². The molecule has 2 aromatic heterocycles. The Morgan fingerprint density at radius 2 is 1.33 bits per heavy atom. The highest BCUT2D eigenvalue weighted by Gasteiger charge is 2.20. The summed E-state index contributed by atoms with van der Waals surface area (Å²) in [4.78, 5) is 4.90. The lowest BCUT2D eigenvalue weighted by atomic mass is 9.98. The summed E-state index contributed by atoms with van der Waals surface area (Å²) in [5, 5.41) is 8.31. The third-order valence-corrected chi connectivity index (χ3v) is 4.56. The van der Waals surface area contributed by atoms with Gasteiger partial charge in [-0.1, -0.05) is 19.1 Å². The Labute approximate surface area is 156 Å². The van der Waals surface area contributed by atoms with Gasteiger partial charge in [-0.2, -0.15) is 0 Å². The maximum Gasteiger partial charge on any atom is 0.162 e. The van der Waals surface area contributed by atoms with Crippen molar-refractivity contribution in [2.24, 2.45) is 0 Å². The first-order valence-electron chi connectivity index (χ1n) is 8.69. The summed E-state index contributed by atoms with van der Waals surface area (Å²) < 4.78 is 15.6. The van der Waals surface area contributed by atoms with Gasteiger partial charge in [-0.25, -0.2) is 9.61 Å². The van der Waals surface area contributed by atoms with Gasteiger partial charge >= 0.3 is 0 Å². The van der Waals surface area contributed by atoms with E-state index in [1.165, 1.54) is 0 Å². The number of aryl methyl sites for hydroxylation is 1. The summed E-state index contributed by atoms with van der Waals surface area (Å²) in [5.41, 5.74) is 5.92. The molecule has 27 heavy (non-hydrogen) atoms. The smallest absolute Gasteiger partial charge is 0.162 e. The third kappa shape index (κ3) is 2.99. The normalized spacial score (nSPS) is 10.9. The minimum atomic E-state index is 0.642. The van der Waals surface area contributed by atoms with Crippen molar-refractivity contribution in [3.8, 4) is 33.9 Å². The van der Waals surface area contributed by atoms with Gasteiger partial charge in [0.25, 0.3) is 0 Å². The molecule has 4 aromatic rings. The average molecular weight is 361 g/mol. The van der Waals surface area contributed by atoms with E-state index in [0.717, 1.165) is 46.0 Å². The summed E-state index contributed by atoms with van der Waals surface area (Å²) in [7, 11) is 3.29. The number of rotatable bonds is 5. The fourth-order valence-electron chi connectivity index (χ4n) is 3.16. The Hall–Kier alpha value is -3.41. The maximum absolute atomic E-state index is 5.26. The number of ether oxygens (including phenoxy) is 2. The van der Waals surface area contributed by atoms with Crippen LogP contribution in [0.15, 0.2) is 53.2 Å². The van der Waals surface area contributed by atoms with Gasteiger partial charge in [0.05, 0.1) is 19.9 Å². The van der Waals surface area contributed by atoms with Gasteiger partial charge in [-0.15, -0.1) is 0 Å². The molecule has 4 rings (SSSR count). The number of fused-ring (bicyclic) bond motifs is 1. The highest BCUT2D eigenvalue weighted by atomic mass is 16.6. The Balaban J connectivity index is 1.92. The molecule has 0 radical (unpaired) electrons. The first-order valence-corrected chi connectivity index (χ1v) is 8.69. The van der Waals surface area contributed by atoms with Gasteiger partial charge < -0.3 is 9.47 Å². The van der Waals surface area contributed by atoms with E-state index < -0.39 is 0 Å². The second kappa shape index (κ2) is 7.07. The molecule has 2 heterocycles. The van der Waals surface area contributed by atoms with E-state index in [4.69, 9.17) is 19.1 Å². The standard InChI is InChI=1S/C21H19N3O3/c1-4-17-18(13-5-9-15(25-2)10-6-13)20-21(24-27-23-20)19(22-17)14-7-11-16(26-3)12-8-14/h5-12H,4H2,1-3H3. The molecular formula is C21H19N3O3. The molecular weight excluding hydrogens is 342 g/mol.